The first kappa shape index (κ1) is 14.2. The Bertz CT molecular complexity index is 594. The maximum absolute atomic E-state index is 12.4. The zero-order chi connectivity index (χ0) is 13.8. The molecular formula is C14H11Br2NO2. The third kappa shape index (κ3) is 3.64. The molecule has 0 unspecified atom stereocenters. The first-order valence-electron chi connectivity index (χ1n) is 5.69. The van der Waals surface area contributed by atoms with Gasteiger partial charge in [0.1, 0.15) is 5.75 Å². The van der Waals surface area contributed by atoms with Gasteiger partial charge in [0.2, 0.25) is 0 Å². The fraction of sp³-hybridized carbons (Fsp3) is 0.143. The van der Waals surface area contributed by atoms with Crippen LogP contribution in [0.2, 0.25) is 0 Å². The molecule has 0 spiro atoms. The second-order valence-electron chi connectivity index (χ2n) is 3.83. The summed E-state index contributed by atoms with van der Waals surface area (Å²) in [7, 11) is 0. The van der Waals surface area contributed by atoms with E-state index in [4.69, 9.17) is 4.74 Å². The van der Waals surface area contributed by atoms with E-state index in [2.05, 4.69) is 36.8 Å². The second-order valence-corrected chi connectivity index (χ2v) is 5.66. The van der Waals surface area contributed by atoms with Crippen molar-refractivity contribution in [2.45, 2.75) is 6.92 Å². The van der Waals surface area contributed by atoms with Crippen LogP contribution in [0.1, 0.15) is 22.8 Å². The average Bonchev–Trinajstić information content (AvgIpc) is 2.37. The summed E-state index contributed by atoms with van der Waals surface area (Å²) >= 11 is 6.74. The van der Waals surface area contributed by atoms with Crippen molar-refractivity contribution in [3.05, 3.63) is 56.7 Å². The summed E-state index contributed by atoms with van der Waals surface area (Å²) in [6.07, 6.45) is 3.14. The lowest BCUT2D eigenvalue weighted by Gasteiger charge is -2.06. The van der Waals surface area contributed by atoms with Crippen molar-refractivity contribution in [2.75, 3.05) is 6.61 Å². The van der Waals surface area contributed by atoms with Crippen molar-refractivity contribution in [3.8, 4) is 5.75 Å². The Labute approximate surface area is 128 Å². The molecule has 1 aromatic heterocycles. The van der Waals surface area contributed by atoms with Crippen LogP contribution in [-0.2, 0) is 0 Å². The number of carbonyl (C=O) groups is 1. The molecule has 0 aliphatic heterocycles. The summed E-state index contributed by atoms with van der Waals surface area (Å²) in [5, 5.41) is 0. The number of hydrogen-bond acceptors (Lipinski definition) is 3. The fourth-order valence-electron chi connectivity index (χ4n) is 1.64. The molecule has 0 bridgehead atoms. The monoisotopic (exact) mass is 383 g/mol. The molecule has 1 aromatic carbocycles. The molecule has 0 radical (unpaired) electrons. The van der Waals surface area contributed by atoms with Gasteiger partial charge < -0.3 is 4.74 Å². The molecule has 0 saturated carbocycles. The lowest BCUT2D eigenvalue weighted by Crippen LogP contribution is -2.03. The van der Waals surface area contributed by atoms with E-state index in [0.717, 1.165) is 8.95 Å². The maximum Gasteiger partial charge on any atom is 0.194 e. The van der Waals surface area contributed by atoms with E-state index in [1.54, 1.807) is 30.6 Å². The quantitative estimate of drug-likeness (QED) is 0.740. The van der Waals surface area contributed by atoms with Crippen LogP contribution < -0.4 is 4.74 Å². The van der Waals surface area contributed by atoms with Crippen LogP contribution in [0.5, 0.6) is 5.75 Å². The summed E-state index contributed by atoms with van der Waals surface area (Å²) in [6.45, 7) is 2.43. The van der Waals surface area contributed by atoms with E-state index in [1.165, 1.54) is 0 Å². The molecule has 0 amide bonds. The van der Waals surface area contributed by atoms with Crippen molar-refractivity contribution in [3.63, 3.8) is 0 Å². The van der Waals surface area contributed by atoms with Crippen LogP contribution in [0.4, 0.5) is 0 Å². The summed E-state index contributed by atoms with van der Waals surface area (Å²) < 4.78 is 7.04. The highest BCUT2D eigenvalue weighted by molar-refractivity contribution is 9.11. The van der Waals surface area contributed by atoms with Gasteiger partial charge in [0, 0.05) is 26.3 Å². The van der Waals surface area contributed by atoms with Crippen LogP contribution in [0, 0.1) is 0 Å². The third-order valence-corrected chi connectivity index (χ3v) is 3.33. The Kier molecular flexibility index (Phi) is 4.71. The van der Waals surface area contributed by atoms with E-state index in [1.807, 2.05) is 13.0 Å². The summed E-state index contributed by atoms with van der Waals surface area (Å²) in [5.41, 5.74) is 1.10. The molecule has 19 heavy (non-hydrogen) atoms. The fourth-order valence-corrected chi connectivity index (χ4v) is 2.93. The summed E-state index contributed by atoms with van der Waals surface area (Å²) in [4.78, 5) is 16.4. The third-order valence-electron chi connectivity index (χ3n) is 2.41. The highest BCUT2D eigenvalue weighted by Crippen LogP contribution is 2.23. The molecule has 3 nitrogen and oxygen atoms in total. The number of nitrogens with zero attached hydrogens (tertiary/aromatic N) is 1. The minimum Gasteiger partial charge on any atom is -0.492 e. The zero-order valence-electron chi connectivity index (χ0n) is 10.2. The topological polar surface area (TPSA) is 39.2 Å². The number of halogens is 2. The number of carbonyl (C=O) groups excluding carboxylic acids is 1. The normalized spacial score (nSPS) is 10.3. The lowest BCUT2D eigenvalue weighted by molar-refractivity contribution is 0.103. The number of pyridine rings is 1. The van der Waals surface area contributed by atoms with Gasteiger partial charge in [-0.05, 0) is 31.2 Å². The molecule has 1 heterocycles. The molecule has 0 atom stereocenters. The predicted octanol–water partition coefficient (Wildman–Crippen LogP) is 4.24. The molecule has 0 aliphatic rings. The second kappa shape index (κ2) is 6.30. The molecule has 0 saturated heterocycles. The van der Waals surface area contributed by atoms with Gasteiger partial charge in [0.15, 0.2) is 5.78 Å². The van der Waals surface area contributed by atoms with Crippen molar-refractivity contribution in [1.82, 2.24) is 4.98 Å². The maximum atomic E-state index is 12.4. The van der Waals surface area contributed by atoms with Crippen molar-refractivity contribution in [2.24, 2.45) is 0 Å². The minimum atomic E-state index is -0.0870. The number of ether oxygens (including phenoxy) is 1. The van der Waals surface area contributed by atoms with Gasteiger partial charge in [-0.2, -0.15) is 0 Å². The van der Waals surface area contributed by atoms with Gasteiger partial charge in [-0.25, -0.2) is 0 Å². The van der Waals surface area contributed by atoms with Gasteiger partial charge in [-0.1, -0.05) is 31.9 Å². The zero-order valence-corrected chi connectivity index (χ0v) is 13.4. The first-order valence-corrected chi connectivity index (χ1v) is 7.27. The molecule has 2 rings (SSSR count). The Morgan fingerprint density at radius 2 is 1.79 bits per heavy atom. The number of benzene rings is 1. The highest BCUT2D eigenvalue weighted by Gasteiger charge is 2.12. The number of rotatable bonds is 4. The van der Waals surface area contributed by atoms with Gasteiger partial charge in [-0.15, -0.1) is 0 Å². The van der Waals surface area contributed by atoms with Crippen LogP contribution in [0.15, 0.2) is 45.6 Å². The number of aromatic nitrogens is 1. The minimum absolute atomic E-state index is 0.0870. The molecule has 0 N–H and O–H groups in total. The van der Waals surface area contributed by atoms with Gasteiger partial charge in [0.25, 0.3) is 0 Å². The van der Waals surface area contributed by atoms with E-state index < -0.39 is 0 Å². The van der Waals surface area contributed by atoms with Gasteiger partial charge in [-0.3, -0.25) is 9.78 Å². The van der Waals surface area contributed by atoms with Crippen LogP contribution in [-0.4, -0.2) is 17.4 Å². The molecule has 2 aromatic rings. The molecule has 5 heteroatoms. The Morgan fingerprint density at radius 3 is 2.42 bits per heavy atom. The highest BCUT2D eigenvalue weighted by atomic mass is 79.9. The Balaban J connectivity index is 2.35. The SMILES string of the molecule is CCOc1cncc(C(=O)c2cc(Br)cc(Br)c2)c1. The largest absolute Gasteiger partial charge is 0.492 e. The summed E-state index contributed by atoms with van der Waals surface area (Å²) in [5.74, 6) is 0.512. The van der Waals surface area contributed by atoms with E-state index in [-0.39, 0.29) is 5.78 Å². The number of ketones is 1. The van der Waals surface area contributed by atoms with Gasteiger partial charge in [0.05, 0.1) is 12.8 Å². The van der Waals surface area contributed by atoms with Crippen LogP contribution in [0.25, 0.3) is 0 Å². The van der Waals surface area contributed by atoms with Crippen molar-refractivity contribution in [1.29, 1.82) is 0 Å². The predicted molar refractivity (Wildman–Crippen MR) is 80.7 cm³/mol. The smallest absolute Gasteiger partial charge is 0.194 e. The molecule has 98 valence electrons. The van der Waals surface area contributed by atoms with E-state index in [0.29, 0.717) is 23.5 Å². The molecule has 0 fully saturated rings. The van der Waals surface area contributed by atoms with E-state index >= 15 is 0 Å². The lowest BCUT2D eigenvalue weighted by atomic mass is 10.1. The first-order chi connectivity index (χ1) is 9.10. The Morgan fingerprint density at radius 1 is 1.11 bits per heavy atom. The Hall–Kier alpha value is -1.20. The van der Waals surface area contributed by atoms with Crippen LogP contribution in [0.3, 0.4) is 0 Å². The van der Waals surface area contributed by atoms with Gasteiger partial charge >= 0.3 is 0 Å². The number of hydrogen-bond donors (Lipinski definition) is 0. The molecular weight excluding hydrogens is 374 g/mol. The van der Waals surface area contributed by atoms with Crippen LogP contribution >= 0.6 is 31.9 Å². The van der Waals surface area contributed by atoms with Crippen molar-refractivity contribution < 1.29 is 9.53 Å². The van der Waals surface area contributed by atoms with Crippen molar-refractivity contribution >= 4 is 37.6 Å². The standard InChI is InChI=1S/C14H11Br2NO2/c1-2-19-13-5-10(7-17-8-13)14(18)9-3-11(15)6-12(16)4-9/h3-8H,2H2,1H3. The molecule has 0 aliphatic carbocycles. The van der Waals surface area contributed by atoms with E-state index in [9.17, 15) is 4.79 Å². The average molecular weight is 385 g/mol. The summed E-state index contributed by atoms with van der Waals surface area (Å²) in [6, 6.07) is 7.14.